The number of aromatic nitrogens is 2. The summed E-state index contributed by atoms with van der Waals surface area (Å²) in [5, 5.41) is 13.2. The van der Waals surface area contributed by atoms with Gasteiger partial charge in [-0.25, -0.2) is 9.48 Å². The lowest BCUT2D eigenvalue weighted by Crippen LogP contribution is -2.25. The summed E-state index contributed by atoms with van der Waals surface area (Å²) in [5.74, 6) is -0.189. The largest absolute Gasteiger partial charge is 0.476 e. The number of carboxylic acid groups (broad SMARTS) is 1. The topological polar surface area (TPSA) is 81.1 Å². The highest BCUT2D eigenvalue weighted by Crippen LogP contribution is 2.45. The summed E-state index contributed by atoms with van der Waals surface area (Å²) < 4.78 is 1.62. The van der Waals surface area contributed by atoms with Crippen molar-refractivity contribution in [3.63, 3.8) is 0 Å². The van der Waals surface area contributed by atoms with Gasteiger partial charge in [-0.1, -0.05) is 0 Å². The molecular formula is C11H17N3O2. The summed E-state index contributed by atoms with van der Waals surface area (Å²) in [6.45, 7) is 5.87. The Labute approximate surface area is 94.2 Å². The molecule has 0 spiro atoms. The summed E-state index contributed by atoms with van der Waals surface area (Å²) in [7, 11) is 0. The van der Waals surface area contributed by atoms with Crippen LogP contribution in [0.2, 0.25) is 0 Å². The quantitative estimate of drug-likeness (QED) is 0.801. The predicted octanol–water partition coefficient (Wildman–Crippen LogP) is 1.80. The average molecular weight is 223 g/mol. The summed E-state index contributed by atoms with van der Waals surface area (Å²) in [6.07, 6.45) is 2.03. The molecule has 5 heteroatoms. The SMILES string of the molecule is CC(C)(C)n1nc(C(=O)O)c(C2CC2)c1N. The summed E-state index contributed by atoms with van der Waals surface area (Å²) in [4.78, 5) is 11.1. The van der Waals surface area contributed by atoms with Crippen LogP contribution < -0.4 is 5.73 Å². The first-order chi connectivity index (χ1) is 7.32. The van der Waals surface area contributed by atoms with Crippen LogP contribution >= 0.6 is 0 Å². The van der Waals surface area contributed by atoms with E-state index in [1.165, 1.54) is 0 Å². The highest BCUT2D eigenvalue weighted by atomic mass is 16.4. The zero-order valence-corrected chi connectivity index (χ0v) is 9.82. The van der Waals surface area contributed by atoms with Crippen LogP contribution in [0.1, 0.15) is 55.6 Å². The van der Waals surface area contributed by atoms with Crippen LogP contribution in [0.4, 0.5) is 5.82 Å². The first kappa shape index (κ1) is 11.0. The van der Waals surface area contributed by atoms with E-state index >= 15 is 0 Å². The number of hydrogen-bond acceptors (Lipinski definition) is 3. The Morgan fingerprint density at radius 2 is 2.06 bits per heavy atom. The van der Waals surface area contributed by atoms with Crippen LogP contribution in [-0.4, -0.2) is 20.9 Å². The van der Waals surface area contributed by atoms with Crippen molar-refractivity contribution in [2.24, 2.45) is 0 Å². The molecule has 0 aromatic carbocycles. The van der Waals surface area contributed by atoms with Gasteiger partial charge in [-0.15, -0.1) is 0 Å². The van der Waals surface area contributed by atoms with E-state index in [1.54, 1.807) is 4.68 Å². The van der Waals surface area contributed by atoms with Crippen molar-refractivity contribution in [1.29, 1.82) is 0 Å². The maximum Gasteiger partial charge on any atom is 0.356 e. The highest BCUT2D eigenvalue weighted by molar-refractivity contribution is 5.89. The fourth-order valence-corrected chi connectivity index (χ4v) is 1.89. The Morgan fingerprint density at radius 3 is 2.44 bits per heavy atom. The van der Waals surface area contributed by atoms with Crippen LogP contribution in [0.5, 0.6) is 0 Å². The third kappa shape index (κ3) is 1.66. The maximum atomic E-state index is 11.1. The molecule has 1 aliphatic carbocycles. The minimum absolute atomic E-state index is 0.120. The smallest absolute Gasteiger partial charge is 0.356 e. The molecule has 3 N–H and O–H groups in total. The maximum absolute atomic E-state index is 11.1. The summed E-state index contributed by atoms with van der Waals surface area (Å²) >= 11 is 0. The van der Waals surface area contributed by atoms with E-state index in [0.717, 1.165) is 18.4 Å². The molecule has 0 aliphatic heterocycles. The molecule has 16 heavy (non-hydrogen) atoms. The van der Waals surface area contributed by atoms with Gasteiger partial charge in [-0.3, -0.25) is 0 Å². The van der Waals surface area contributed by atoms with Gasteiger partial charge >= 0.3 is 5.97 Å². The molecule has 0 radical (unpaired) electrons. The fraction of sp³-hybridized carbons (Fsp3) is 0.636. The van der Waals surface area contributed by atoms with Crippen molar-refractivity contribution in [1.82, 2.24) is 9.78 Å². The highest BCUT2D eigenvalue weighted by Gasteiger charge is 2.35. The van der Waals surface area contributed by atoms with E-state index < -0.39 is 5.97 Å². The van der Waals surface area contributed by atoms with Gasteiger partial charge in [0.25, 0.3) is 0 Å². The van der Waals surface area contributed by atoms with Crippen molar-refractivity contribution >= 4 is 11.8 Å². The van der Waals surface area contributed by atoms with Crippen LogP contribution in [0, 0.1) is 0 Å². The zero-order valence-electron chi connectivity index (χ0n) is 9.82. The summed E-state index contributed by atoms with van der Waals surface area (Å²) in [5.41, 5.74) is 6.56. The monoisotopic (exact) mass is 223 g/mol. The number of carboxylic acids is 1. The Morgan fingerprint density at radius 1 is 1.50 bits per heavy atom. The zero-order chi connectivity index (χ0) is 12.1. The Balaban J connectivity index is 2.58. The molecule has 0 amide bonds. The van der Waals surface area contributed by atoms with Gasteiger partial charge in [-0.2, -0.15) is 5.10 Å². The molecule has 0 bridgehead atoms. The number of carbonyl (C=O) groups is 1. The third-order valence-corrected chi connectivity index (χ3v) is 2.78. The van der Waals surface area contributed by atoms with Crippen molar-refractivity contribution in [3.05, 3.63) is 11.3 Å². The standard InChI is InChI=1S/C11H17N3O2/c1-11(2,3)14-9(12)7(6-4-5-6)8(13-14)10(15)16/h6H,4-5,12H2,1-3H3,(H,15,16). The lowest BCUT2D eigenvalue weighted by atomic mass is 10.1. The van der Waals surface area contributed by atoms with E-state index in [-0.39, 0.29) is 11.2 Å². The van der Waals surface area contributed by atoms with Crippen molar-refractivity contribution in [2.75, 3.05) is 5.73 Å². The van der Waals surface area contributed by atoms with Gasteiger partial charge in [0.15, 0.2) is 5.69 Å². The molecule has 1 fully saturated rings. The number of anilines is 1. The van der Waals surface area contributed by atoms with E-state index in [9.17, 15) is 4.79 Å². The first-order valence-electron chi connectivity index (χ1n) is 5.44. The van der Waals surface area contributed by atoms with Crippen LogP contribution in [-0.2, 0) is 5.54 Å². The predicted molar refractivity (Wildman–Crippen MR) is 60.6 cm³/mol. The normalized spacial score (nSPS) is 16.4. The number of nitrogens with two attached hydrogens (primary N) is 1. The van der Waals surface area contributed by atoms with Crippen LogP contribution in [0.3, 0.4) is 0 Å². The van der Waals surface area contributed by atoms with Gasteiger partial charge < -0.3 is 10.8 Å². The molecule has 1 aromatic rings. The molecule has 0 atom stereocenters. The molecule has 1 aromatic heterocycles. The fourth-order valence-electron chi connectivity index (χ4n) is 1.89. The average Bonchev–Trinajstić information content (AvgIpc) is 2.87. The van der Waals surface area contributed by atoms with Crippen molar-refractivity contribution in [3.8, 4) is 0 Å². The second-order valence-corrected chi connectivity index (χ2v) is 5.31. The number of hydrogen-bond donors (Lipinski definition) is 2. The van der Waals surface area contributed by atoms with Crippen molar-refractivity contribution in [2.45, 2.75) is 45.1 Å². The second-order valence-electron chi connectivity index (χ2n) is 5.31. The lowest BCUT2D eigenvalue weighted by Gasteiger charge is -2.20. The second kappa shape index (κ2) is 3.23. The molecule has 1 aliphatic rings. The molecule has 0 saturated heterocycles. The van der Waals surface area contributed by atoms with E-state index in [2.05, 4.69) is 5.10 Å². The van der Waals surface area contributed by atoms with Crippen LogP contribution in [0.25, 0.3) is 0 Å². The van der Waals surface area contributed by atoms with Gasteiger partial charge in [0, 0.05) is 5.56 Å². The Bertz CT molecular complexity index is 439. The van der Waals surface area contributed by atoms with Crippen molar-refractivity contribution < 1.29 is 9.90 Å². The lowest BCUT2D eigenvalue weighted by molar-refractivity contribution is 0.0687. The number of aromatic carboxylic acids is 1. The molecule has 0 unspecified atom stereocenters. The first-order valence-corrected chi connectivity index (χ1v) is 5.44. The molecule has 5 nitrogen and oxygen atoms in total. The number of nitrogens with zero attached hydrogens (tertiary/aromatic N) is 2. The van der Waals surface area contributed by atoms with E-state index in [0.29, 0.717) is 11.7 Å². The minimum atomic E-state index is -0.989. The van der Waals surface area contributed by atoms with Crippen LogP contribution in [0.15, 0.2) is 0 Å². The molecular weight excluding hydrogens is 206 g/mol. The molecule has 1 saturated carbocycles. The molecule has 1 heterocycles. The third-order valence-electron chi connectivity index (χ3n) is 2.78. The summed E-state index contributed by atoms with van der Waals surface area (Å²) in [6, 6.07) is 0. The van der Waals surface area contributed by atoms with E-state index in [4.69, 9.17) is 10.8 Å². The van der Waals surface area contributed by atoms with Gasteiger partial charge in [-0.05, 0) is 39.5 Å². The molecule has 2 rings (SSSR count). The molecule has 88 valence electrons. The number of nitrogen functional groups attached to an aromatic ring is 1. The Hall–Kier alpha value is -1.52. The van der Waals surface area contributed by atoms with Gasteiger partial charge in [0.2, 0.25) is 0 Å². The van der Waals surface area contributed by atoms with Gasteiger partial charge in [0.05, 0.1) is 5.54 Å². The Kier molecular flexibility index (Phi) is 2.22. The number of rotatable bonds is 2. The minimum Gasteiger partial charge on any atom is -0.476 e. The van der Waals surface area contributed by atoms with E-state index in [1.807, 2.05) is 20.8 Å². The van der Waals surface area contributed by atoms with Gasteiger partial charge in [0.1, 0.15) is 5.82 Å².